The van der Waals surface area contributed by atoms with Crippen molar-refractivity contribution in [2.24, 2.45) is 5.10 Å². The maximum atomic E-state index is 12.0. The van der Waals surface area contributed by atoms with Crippen LogP contribution in [0.15, 0.2) is 58.1 Å². The van der Waals surface area contributed by atoms with E-state index >= 15 is 0 Å². The number of benzene rings is 2. The quantitative estimate of drug-likeness (QED) is 0.408. The molecular formula is C17H15BrN4O4. The van der Waals surface area contributed by atoms with Crippen molar-refractivity contribution < 1.29 is 14.5 Å². The fourth-order valence-electron chi connectivity index (χ4n) is 1.98. The lowest BCUT2D eigenvalue weighted by molar-refractivity contribution is -0.384. The van der Waals surface area contributed by atoms with E-state index in [0.29, 0.717) is 15.6 Å². The van der Waals surface area contributed by atoms with Gasteiger partial charge in [0.25, 0.3) is 11.6 Å². The van der Waals surface area contributed by atoms with Crippen LogP contribution in [0.4, 0.5) is 5.69 Å². The van der Waals surface area contributed by atoms with Crippen LogP contribution in [0.5, 0.6) is 0 Å². The van der Waals surface area contributed by atoms with E-state index < -0.39 is 4.92 Å². The van der Waals surface area contributed by atoms with Gasteiger partial charge in [0.1, 0.15) is 0 Å². The van der Waals surface area contributed by atoms with Gasteiger partial charge in [0.05, 0.1) is 16.7 Å². The minimum absolute atomic E-state index is 0.0441. The molecule has 0 atom stereocenters. The predicted molar refractivity (Wildman–Crippen MR) is 99.9 cm³/mol. The molecular weight excluding hydrogens is 404 g/mol. The van der Waals surface area contributed by atoms with Crippen LogP contribution in [-0.2, 0) is 4.79 Å². The van der Waals surface area contributed by atoms with Gasteiger partial charge in [-0.3, -0.25) is 19.7 Å². The van der Waals surface area contributed by atoms with Crippen LogP contribution in [0.1, 0.15) is 22.3 Å². The van der Waals surface area contributed by atoms with Crippen molar-refractivity contribution in [1.29, 1.82) is 0 Å². The highest BCUT2D eigenvalue weighted by atomic mass is 79.9. The first kappa shape index (κ1) is 19.3. The summed E-state index contributed by atoms with van der Waals surface area (Å²) in [6.45, 7) is 0.151. The molecule has 0 saturated carbocycles. The molecule has 2 amide bonds. The number of carbonyl (C=O) groups is 2. The molecule has 2 aromatic rings. The number of carbonyl (C=O) groups excluding carboxylic acids is 2. The van der Waals surface area contributed by atoms with E-state index in [1.54, 1.807) is 30.3 Å². The molecule has 0 aliphatic carbocycles. The summed E-state index contributed by atoms with van der Waals surface area (Å²) in [5.74, 6) is -0.676. The Balaban J connectivity index is 1.77. The molecule has 0 saturated heterocycles. The molecule has 8 nitrogen and oxygen atoms in total. The van der Waals surface area contributed by atoms with E-state index in [2.05, 4.69) is 31.8 Å². The number of nitrogens with one attached hydrogen (secondary N) is 2. The molecule has 9 heteroatoms. The average molecular weight is 419 g/mol. The molecule has 0 aliphatic rings. The van der Waals surface area contributed by atoms with Crippen LogP contribution < -0.4 is 10.7 Å². The molecule has 2 rings (SSSR count). The Hall–Kier alpha value is -3.07. The monoisotopic (exact) mass is 418 g/mol. The zero-order valence-electron chi connectivity index (χ0n) is 13.5. The third-order valence-corrected chi connectivity index (χ3v) is 3.93. The van der Waals surface area contributed by atoms with Crippen LogP contribution in [0, 0.1) is 10.1 Å². The number of hydrogen-bond donors (Lipinski definition) is 2. The summed E-state index contributed by atoms with van der Waals surface area (Å²) in [6, 6.07) is 12.8. The maximum Gasteiger partial charge on any atom is 0.270 e. The van der Waals surface area contributed by atoms with Gasteiger partial charge in [-0.2, -0.15) is 5.10 Å². The van der Waals surface area contributed by atoms with Crippen LogP contribution in [0.2, 0.25) is 0 Å². The number of nitro benzene ring substituents is 1. The van der Waals surface area contributed by atoms with Crippen molar-refractivity contribution in [3.05, 3.63) is 74.2 Å². The smallest absolute Gasteiger partial charge is 0.270 e. The van der Waals surface area contributed by atoms with Gasteiger partial charge in [-0.1, -0.05) is 24.3 Å². The molecule has 134 valence electrons. The molecule has 0 aromatic heterocycles. The number of hydrogen-bond acceptors (Lipinski definition) is 5. The second kappa shape index (κ2) is 9.42. The number of halogens is 1. The van der Waals surface area contributed by atoms with E-state index in [-0.39, 0.29) is 30.5 Å². The van der Waals surface area contributed by atoms with Crippen molar-refractivity contribution >= 4 is 39.6 Å². The van der Waals surface area contributed by atoms with Gasteiger partial charge < -0.3 is 5.32 Å². The molecule has 0 unspecified atom stereocenters. The lowest BCUT2D eigenvalue weighted by atomic mass is 10.2. The minimum atomic E-state index is -0.510. The Morgan fingerprint density at radius 2 is 1.96 bits per heavy atom. The molecule has 0 fully saturated rings. The molecule has 0 heterocycles. The Kier molecular flexibility index (Phi) is 6.98. The van der Waals surface area contributed by atoms with Crippen molar-refractivity contribution in [1.82, 2.24) is 10.7 Å². The Morgan fingerprint density at radius 1 is 1.19 bits per heavy atom. The molecule has 2 N–H and O–H groups in total. The van der Waals surface area contributed by atoms with Gasteiger partial charge in [-0.15, -0.1) is 0 Å². The largest absolute Gasteiger partial charge is 0.351 e. The van der Waals surface area contributed by atoms with E-state index in [1.807, 2.05) is 0 Å². The molecule has 0 spiro atoms. The first-order valence-corrected chi connectivity index (χ1v) is 8.36. The number of non-ortho nitro benzene ring substituents is 1. The molecule has 0 bridgehead atoms. The van der Waals surface area contributed by atoms with E-state index in [0.717, 1.165) is 0 Å². The molecule has 0 radical (unpaired) electrons. The summed E-state index contributed by atoms with van der Waals surface area (Å²) in [5.41, 5.74) is 3.22. The third kappa shape index (κ3) is 5.78. The number of nitro groups is 1. The zero-order valence-corrected chi connectivity index (χ0v) is 15.1. The summed E-state index contributed by atoms with van der Waals surface area (Å²) in [7, 11) is 0. The number of hydrazone groups is 1. The van der Waals surface area contributed by atoms with Crippen LogP contribution in [0.3, 0.4) is 0 Å². The second-order valence-electron chi connectivity index (χ2n) is 5.13. The average Bonchev–Trinajstić information content (AvgIpc) is 2.62. The Labute approximate surface area is 157 Å². The highest BCUT2D eigenvalue weighted by Crippen LogP contribution is 2.15. The predicted octanol–water partition coefficient (Wildman–Crippen LogP) is 2.63. The summed E-state index contributed by atoms with van der Waals surface area (Å²) < 4.78 is 0.670. The van der Waals surface area contributed by atoms with Gasteiger partial charge in [-0.25, -0.2) is 5.43 Å². The normalized spacial score (nSPS) is 10.5. The topological polar surface area (TPSA) is 114 Å². The van der Waals surface area contributed by atoms with Gasteiger partial charge in [0.2, 0.25) is 5.91 Å². The van der Waals surface area contributed by atoms with Crippen molar-refractivity contribution in [3.63, 3.8) is 0 Å². The van der Waals surface area contributed by atoms with Crippen molar-refractivity contribution in [2.75, 3.05) is 6.54 Å². The standard InChI is InChI=1S/C17H15BrN4O4/c18-15-7-2-1-6-14(15)17(24)19-9-8-16(23)21-20-11-12-4-3-5-13(10-12)22(25)26/h1-7,10-11H,8-9H2,(H,19,24)(H,21,23). The molecule has 0 aliphatic heterocycles. The second-order valence-corrected chi connectivity index (χ2v) is 5.99. The summed E-state index contributed by atoms with van der Waals surface area (Å²) in [6.07, 6.45) is 1.35. The maximum absolute atomic E-state index is 12.0. The summed E-state index contributed by atoms with van der Waals surface area (Å²) in [5, 5.41) is 17.1. The Bertz CT molecular complexity index is 854. The van der Waals surface area contributed by atoms with E-state index in [1.165, 1.54) is 24.4 Å². The first-order valence-electron chi connectivity index (χ1n) is 7.56. The van der Waals surface area contributed by atoms with Gasteiger partial charge in [0.15, 0.2) is 0 Å². The first-order chi connectivity index (χ1) is 12.5. The highest BCUT2D eigenvalue weighted by Gasteiger charge is 2.09. The number of amides is 2. The minimum Gasteiger partial charge on any atom is -0.351 e. The third-order valence-electron chi connectivity index (χ3n) is 3.24. The summed E-state index contributed by atoms with van der Waals surface area (Å²) >= 11 is 3.29. The molecule has 2 aromatic carbocycles. The van der Waals surface area contributed by atoms with E-state index in [9.17, 15) is 19.7 Å². The van der Waals surface area contributed by atoms with Crippen LogP contribution >= 0.6 is 15.9 Å². The Morgan fingerprint density at radius 3 is 2.69 bits per heavy atom. The van der Waals surface area contributed by atoms with Gasteiger partial charge in [-0.05, 0) is 28.1 Å². The van der Waals surface area contributed by atoms with E-state index in [4.69, 9.17) is 0 Å². The van der Waals surface area contributed by atoms with Crippen molar-refractivity contribution in [2.45, 2.75) is 6.42 Å². The lowest BCUT2D eigenvalue weighted by Gasteiger charge is -2.06. The summed E-state index contributed by atoms with van der Waals surface area (Å²) in [4.78, 5) is 33.9. The van der Waals surface area contributed by atoms with Gasteiger partial charge >= 0.3 is 0 Å². The van der Waals surface area contributed by atoms with Crippen molar-refractivity contribution in [3.8, 4) is 0 Å². The van der Waals surface area contributed by atoms with Gasteiger partial charge in [0, 0.05) is 35.1 Å². The number of rotatable bonds is 7. The number of nitrogens with zero attached hydrogens (tertiary/aromatic N) is 2. The lowest BCUT2D eigenvalue weighted by Crippen LogP contribution is -2.29. The van der Waals surface area contributed by atoms with Crippen LogP contribution in [0.25, 0.3) is 0 Å². The fourth-order valence-corrected chi connectivity index (χ4v) is 2.45. The highest BCUT2D eigenvalue weighted by molar-refractivity contribution is 9.10. The SMILES string of the molecule is O=C(CCNC(=O)c1ccccc1Br)NN=Cc1cccc([N+](=O)[O-])c1. The van der Waals surface area contributed by atoms with Crippen LogP contribution in [-0.4, -0.2) is 29.5 Å². The zero-order chi connectivity index (χ0) is 18.9. The molecule has 26 heavy (non-hydrogen) atoms. The fraction of sp³-hybridized carbons (Fsp3) is 0.118.